The summed E-state index contributed by atoms with van der Waals surface area (Å²) in [6.07, 6.45) is 0. The normalized spacial score (nSPS) is 12.1. The van der Waals surface area contributed by atoms with Crippen molar-refractivity contribution in [1.82, 2.24) is 4.98 Å². The lowest BCUT2D eigenvalue weighted by atomic mass is 10.1. The first-order valence-electron chi connectivity index (χ1n) is 7.21. The van der Waals surface area contributed by atoms with E-state index in [9.17, 15) is 23.6 Å². The SMILES string of the molecule is Cc1cccc2c(N=Nc3ccc(S(N)(=O)=O)cc3[N+](=O)[O-])c(O)[nH]c12. The number of azo groups is 1. The monoisotopic (exact) mass is 375 g/mol. The second-order valence-electron chi connectivity index (χ2n) is 5.47. The zero-order valence-corrected chi connectivity index (χ0v) is 14.2. The zero-order valence-electron chi connectivity index (χ0n) is 13.4. The van der Waals surface area contributed by atoms with Crippen molar-refractivity contribution < 1.29 is 18.4 Å². The van der Waals surface area contributed by atoms with Gasteiger partial charge in [0.1, 0.15) is 0 Å². The van der Waals surface area contributed by atoms with Gasteiger partial charge in [-0.3, -0.25) is 10.1 Å². The molecule has 0 atom stereocenters. The molecule has 0 unspecified atom stereocenters. The number of aromatic amines is 1. The molecule has 3 rings (SSSR count). The maximum atomic E-state index is 11.4. The van der Waals surface area contributed by atoms with E-state index in [1.807, 2.05) is 13.0 Å². The Hall–Kier alpha value is -3.31. The number of nitrogens with two attached hydrogens (primary N) is 1. The van der Waals surface area contributed by atoms with Crippen molar-refractivity contribution in [2.24, 2.45) is 15.4 Å². The first-order valence-corrected chi connectivity index (χ1v) is 8.76. The Morgan fingerprint density at radius 3 is 2.62 bits per heavy atom. The first-order chi connectivity index (χ1) is 12.2. The van der Waals surface area contributed by atoms with E-state index in [1.54, 1.807) is 12.1 Å². The van der Waals surface area contributed by atoms with Crippen molar-refractivity contribution in [3.63, 3.8) is 0 Å². The number of primary sulfonamides is 1. The number of nitro benzene ring substituents is 1. The van der Waals surface area contributed by atoms with Crippen LogP contribution in [0, 0.1) is 17.0 Å². The predicted molar refractivity (Wildman–Crippen MR) is 93.3 cm³/mol. The molecule has 4 N–H and O–H groups in total. The van der Waals surface area contributed by atoms with Crippen LogP contribution in [0.2, 0.25) is 0 Å². The van der Waals surface area contributed by atoms with Crippen LogP contribution in [0.1, 0.15) is 5.56 Å². The number of aromatic hydroxyl groups is 1. The summed E-state index contributed by atoms with van der Waals surface area (Å²) in [6, 6.07) is 8.35. The molecular weight excluding hydrogens is 362 g/mol. The van der Waals surface area contributed by atoms with Crippen LogP contribution in [0.4, 0.5) is 17.1 Å². The molecule has 134 valence electrons. The average molecular weight is 375 g/mol. The lowest BCUT2D eigenvalue weighted by Crippen LogP contribution is -2.12. The number of aromatic nitrogens is 1. The third-order valence-corrected chi connectivity index (χ3v) is 4.64. The number of rotatable bonds is 4. The van der Waals surface area contributed by atoms with Gasteiger partial charge in [0.15, 0.2) is 11.4 Å². The quantitative estimate of drug-likeness (QED) is 0.361. The number of para-hydroxylation sites is 1. The fourth-order valence-electron chi connectivity index (χ4n) is 2.45. The lowest BCUT2D eigenvalue weighted by Gasteiger charge is -2.00. The van der Waals surface area contributed by atoms with Crippen molar-refractivity contribution >= 4 is 38.0 Å². The highest BCUT2D eigenvalue weighted by Crippen LogP contribution is 2.38. The molecule has 0 amide bonds. The third-order valence-electron chi connectivity index (χ3n) is 3.73. The van der Waals surface area contributed by atoms with E-state index >= 15 is 0 Å². The predicted octanol–water partition coefficient (Wildman–Crippen LogP) is 3.15. The summed E-state index contributed by atoms with van der Waals surface area (Å²) in [5.74, 6) is -0.234. The summed E-state index contributed by atoms with van der Waals surface area (Å²) in [4.78, 5) is 12.8. The van der Waals surface area contributed by atoms with Gasteiger partial charge in [0, 0.05) is 11.5 Å². The van der Waals surface area contributed by atoms with Gasteiger partial charge in [-0.1, -0.05) is 18.2 Å². The molecule has 11 heteroatoms. The molecule has 2 aromatic carbocycles. The maximum Gasteiger partial charge on any atom is 0.298 e. The molecule has 0 aliphatic rings. The van der Waals surface area contributed by atoms with Crippen LogP contribution >= 0.6 is 0 Å². The van der Waals surface area contributed by atoms with Crippen LogP contribution in [-0.2, 0) is 10.0 Å². The molecule has 0 bridgehead atoms. The Balaban J connectivity index is 2.11. The van der Waals surface area contributed by atoms with Crippen LogP contribution in [0.5, 0.6) is 5.88 Å². The highest BCUT2D eigenvalue weighted by Gasteiger charge is 2.19. The van der Waals surface area contributed by atoms with E-state index in [0.717, 1.165) is 23.8 Å². The van der Waals surface area contributed by atoms with E-state index in [4.69, 9.17) is 5.14 Å². The van der Waals surface area contributed by atoms with Crippen LogP contribution in [-0.4, -0.2) is 23.4 Å². The van der Waals surface area contributed by atoms with Gasteiger partial charge < -0.3 is 10.1 Å². The second-order valence-corrected chi connectivity index (χ2v) is 7.03. The largest absolute Gasteiger partial charge is 0.493 e. The minimum Gasteiger partial charge on any atom is -0.493 e. The molecule has 0 fully saturated rings. The molecule has 0 aliphatic heterocycles. The van der Waals surface area contributed by atoms with Crippen LogP contribution < -0.4 is 5.14 Å². The van der Waals surface area contributed by atoms with Gasteiger partial charge in [-0.25, -0.2) is 13.6 Å². The Morgan fingerprint density at radius 2 is 1.96 bits per heavy atom. The Kier molecular flexibility index (Phi) is 4.18. The van der Waals surface area contributed by atoms with Crippen molar-refractivity contribution in [3.8, 4) is 5.88 Å². The van der Waals surface area contributed by atoms with Gasteiger partial charge in [-0.15, -0.1) is 10.2 Å². The van der Waals surface area contributed by atoms with Crippen molar-refractivity contribution in [3.05, 3.63) is 52.1 Å². The lowest BCUT2D eigenvalue weighted by molar-refractivity contribution is -0.384. The number of fused-ring (bicyclic) bond motifs is 1. The molecule has 1 heterocycles. The molecular formula is C15H13N5O5S. The van der Waals surface area contributed by atoms with E-state index in [0.29, 0.717) is 10.9 Å². The number of sulfonamides is 1. The summed E-state index contributed by atoms with van der Waals surface area (Å²) in [5.41, 5.74) is 0.911. The summed E-state index contributed by atoms with van der Waals surface area (Å²) < 4.78 is 22.7. The fraction of sp³-hybridized carbons (Fsp3) is 0.0667. The van der Waals surface area contributed by atoms with E-state index in [-0.39, 0.29) is 17.3 Å². The summed E-state index contributed by atoms with van der Waals surface area (Å²) in [5, 5.41) is 34.5. The second kappa shape index (κ2) is 6.20. The van der Waals surface area contributed by atoms with E-state index in [2.05, 4.69) is 15.2 Å². The summed E-state index contributed by atoms with van der Waals surface area (Å²) in [6.45, 7) is 1.84. The number of hydrogen-bond donors (Lipinski definition) is 3. The molecule has 0 aliphatic carbocycles. The number of H-pyrrole nitrogens is 1. The highest BCUT2D eigenvalue weighted by molar-refractivity contribution is 7.89. The number of hydrogen-bond acceptors (Lipinski definition) is 7. The molecule has 1 aromatic heterocycles. The topological polar surface area (TPSA) is 164 Å². The third kappa shape index (κ3) is 3.12. The van der Waals surface area contributed by atoms with Gasteiger partial charge in [-0.05, 0) is 24.6 Å². The highest BCUT2D eigenvalue weighted by atomic mass is 32.2. The van der Waals surface area contributed by atoms with Gasteiger partial charge >= 0.3 is 0 Å². The summed E-state index contributed by atoms with van der Waals surface area (Å²) in [7, 11) is -4.10. The molecule has 0 saturated carbocycles. The minimum atomic E-state index is -4.10. The number of nitro groups is 1. The van der Waals surface area contributed by atoms with Gasteiger partial charge in [0.05, 0.1) is 15.3 Å². The minimum absolute atomic E-state index is 0.119. The zero-order chi connectivity index (χ0) is 19.1. The van der Waals surface area contributed by atoms with Crippen LogP contribution in [0.3, 0.4) is 0 Å². The summed E-state index contributed by atoms with van der Waals surface area (Å²) >= 11 is 0. The fourth-order valence-corrected chi connectivity index (χ4v) is 2.99. The van der Waals surface area contributed by atoms with Gasteiger partial charge in [0.2, 0.25) is 15.9 Å². The maximum absolute atomic E-state index is 11.4. The van der Waals surface area contributed by atoms with Crippen LogP contribution in [0.15, 0.2) is 51.5 Å². The molecule has 3 aromatic rings. The van der Waals surface area contributed by atoms with E-state index in [1.165, 1.54) is 0 Å². The van der Waals surface area contributed by atoms with Gasteiger partial charge in [-0.2, -0.15) is 0 Å². The first kappa shape index (κ1) is 17.5. The van der Waals surface area contributed by atoms with Crippen molar-refractivity contribution in [2.45, 2.75) is 11.8 Å². The number of nitrogens with one attached hydrogen (secondary N) is 1. The molecule has 0 spiro atoms. The Labute approximate surface area is 147 Å². The standard InChI is InChI=1S/C15H13N5O5S/c1-8-3-2-4-10-13(8)17-15(21)14(10)19-18-11-6-5-9(26(16,24)25)7-12(11)20(22)23/h2-7,17,21H,1H3,(H2,16,24,25). The van der Waals surface area contributed by atoms with Crippen molar-refractivity contribution in [2.75, 3.05) is 0 Å². The van der Waals surface area contributed by atoms with Crippen molar-refractivity contribution in [1.29, 1.82) is 0 Å². The molecule has 10 nitrogen and oxygen atoms in total. The number of aryl methyl sites for hydroxylation is 1. The van der Waals surface area contributed by atoms with Gasteiger partial charge in [0.25, 0.3) is 5.69 Å². The molecule has 0 saturated heterocycles. The average Bonchev–Trinajstić information content (AvgIpc) is 2.89. The Bertz CT molecular complexity index is 1170. The van der Waals surface area contributed by atoms with E-state index < -0.39 is 25.5 Å². The van der Waals surface area contributed by atoms with Crippen LogP contribution in [0.25, 0.3) is 10.9 Å². The number of nitrogens with zero attached hydrogens (tertiary/aromatic N) is 3. The molecule has 26 heavy (non-hydrogen) atoms. The molecule has 0 radical (unpaired) electrons. The smallest absolute Gasteiger partial charge is 0.298 e. The number of benzene rings is 2. The Morgan fingerprint density at radius 1 is 1.23 bits per heavy atom.